The lowest BCUT2D eigenvalue weighted by atomic mass is 9.72. The maximum Gasteiger partial charge on any atom is 0.310 e. The molecule has 106 valence electrons. The van der Waals surface area contributed by atoms with Gasteiger partial charge in [-0.05, 0) is 24.5 Å². The van der Waals surface area contributed by atoms with Crippen molar-refractivity contribution in [1.29, 1.82) is 0 Å². The predicted octanol–water partition coefficient (Wildman–Crippen LogP) is 1.62. The molecule has 1 aromatic carbocycles. The Hall–Kier alpha value is -2.04. The first kappa shape index (κ1) is 13.0. The zero-order valence-corrected chi connectivity index (χ0v) is 11.5. The fourth-order valence-corrected chi connectivity index (χ4v) is 3.09. The van der Waals surface area contributed by atoms with Crippen LogP contribution in [0.15, 0.2) is 12.1 Å². The molecule has 1 aliphatic heterocycles. The fourth-order valence-electron chi connectivity index (χ4n) is 3.09. The lowest BCUT2D eigenvalue weighted by Crippen LogP contribution is -2.41. The molecule has 2 atom stereocenters. The first-order valence-electron chi connectivity index (χ1n) is 6.61. The van der Waals surface area contributed by atoms with E-state index in [9.17, 15) is 9.59 Å². The van der Waals surface area contributed by atoms with Gasteiger partial charge in [0.1, 0.15) is 11.5 Å². The van der Waals surface area contributed by atoms with Crippen molar-refractivity contribution in [3.8, 4) is 11.5 Å². The molecule has 1 aromatic rings. The number of rotatable bonds is 2. The summed E-state index contributed by atoms with van der Waals surface area (Å²) in [7, 11) is 3.09. The molecule has 0 saturated carbocycles. The molecule has 1 fully saturated rings. The van der Waals surface area contributed by atoms with Gasteiger partial charge in [0.05, 0.1) is 32.3 Å². The predicted molar refractivity (Wildman–Crippen MR) is 70.1 cm³/mol. The molecule has 20 heavy (non-hydrogen) atoms. The molecular weight excluding hydrogens is 260 g/mol. The molecule has 0 unspecified atom stereocenters. The zero-order valence-electron chi connectivity index (χ0n) is 11.5. The number of carbonyl (C=O) groups is 2. The van der Waals surface area contributed by atoms with Crippen molar-refractivity contribution in [1.82, 2.24) is 0 Å². The van der Waals surface area contributed by atoms with Gasteiger partial charge in [-0.15, -0.1) is 0 Å². The molecule has 0 N–H and O–H groups in total. The highest BCUT2D eigenvalue weighted by molar-refractivity contribution is 6.05. The SMILES string of the molecule is COc1cc2c(c(OC)c1)C(=O)[C@H]1CCOC(=O)[C@@H]1C2. The molecule has 0 radical (unpaired) electrons. The average molecular weight is 276 g/mol. The number of methoxy groups -OCH3 is 2. The van der Waals surface area contributed by atoms with Crippen molar-refractivity contribution < 1.29 is 23.8 Å². The van der Waals surface area contributed by atoms with Gasteiger partial charge in [0.25, 0.3) is 0 Å². The lowest BCUT2D eigenvalue weighted by Gasteiger charge is -2.34. The van der Waals surface area contributed by atoms with E-state index in [-0.39, 0.29) is 23.6 Å². The van der Waals surface area contributed by atoms with Crippen LogP contribution >= 0.6 is 0 Å². The number of cyclic esters (lactones) is 1. The Balaban J connectivity index is 2.11. The van der Waals surface area contributed by atoms with Crippen molar-refractivity contribution in [2.24, 2.45) is 11.8 Å². The Labute approximate surface area is 116 Å². The van der Waals surface area contributed by atoms with Gasteiger partial charge in [-0.25, -0.2) is 0 Å². The Morgan fingerprint density at radius 2 is 1.95 bits per heavy atom. The second-order valence-corrected chi connectivity index (χ2v) is 5.10. The first-order chi connectivity index (χ1) is 9.65. The molecule has 0 amide bonds. The van der Waals surface area contributed by atoms with Crippen LogP contribution in [0.2, 0.25) is 0 Å². The Bertz CT molecular complexity index is 578. The second kappa shape index (κ2) is 4.81. The number of hydrogen-bond acceptors (Lipinski definition) is 5. The highest BCUT2D eigenvalue weighted by Gasteiger charge is 2.44. The van der Waals surface area contributed by atoms with E-state index in [4.69, 9.17) is 14.2 Å². The van der Waals surface area contributed by atoms with E-state index < -0.39 is 0 Å². The Kier molecular flexibility index (Phi) is 3.12. The summed E-state index contributed by atoms with van der Waals surface area (Å²) in [6.07, 6.45) is 1.09. The molecular formula is C15H16O5. The number of esters is 1. The summed E-state index contributed by atoms with van der Waals surface area (Å²) in [6.45, 7) is 0.319. The van der Waals surface area contributed by atoms with Crippen LogP contribution in [0.4, 0.5) is 0 Å². The van der Waals surface area contributed by atoms with E-state index in [2.05, 4.69) is 0 Å². The van der Waals surface area contributed by atoms with Crippen LogP contribution in [-0.2, 0) is 16.0 Å². The third-order valence-corrected chi connectivity index (χ3v) is 4.10. The van der Waals surface area contributed by atoms with Gasteiger partial charge < -0.3 is 14.2 Å². The molecule has 0 bridgehead atoms. The monoisotopic (exact) mass is 276 g/mol. The number of ketones is 1. The van der Waals surface area contributed by atoms with E-state index in [0.717, 1.165) is 5.56 Å². The Morgan fingerprint density at radius 1 is 1.15 bits per heavy atom. The summed E-state index contributed by atoms with van der Waals surface area (Å²) in [5.74, 6) is 0.179. The van der Waals surface area contributed by atoms with Crippen molar-refractivity contribution >= 4 is 11.8 Å². The third kappa shape index (κ3) is 1.85. The molecule has 1 heterocycles. The van der Waals surface area contributed by atoms with Gasteiger partial charge in [0.2, 0.25) is 0 Å². The van der Waals surface area contributed by atoms with Crippen molar-refractivity contribution in [2.45, 2.75) is 12.8 Å². The van der Waals surface area contributed by atoms with Gasteiger partial charge >= 0.3 is 5.97 Å². The highest BCUT2D eigenvalue weighted by Crippen LogP contribution is 2.41. The Morgan fingerprint density at radius 3 is 2.65 bits per heavy atom. The lowest BCUT2D eigenvalue weighted by molar-refractivity contribution is -0.155. The van der Waals surface area contributed by atoms with Gasteiger partial charge in [0.15, 0.2) is 5.78 Å². The number of benzene rings is 1. The minimum absolute atomic E-state index is 0.0209. The molecule has 3 rings (SSSR count). The third-order valence-electron chi connectivity index (χ3n) is 4.10. The largest absolute Gasteiger partial charge is 0.497 e. The van der Waals surface area contributed by atoms with Crippen LogP contribution in [-0.4, -0.2) is 32.6 Å². The molecule has 5 heteroatoms. The second-order valence-electron chi connectivity index (χ2n) is 5.10. The summed E-state index contributed by atoms with van der Waals surface area (Å²) >= 11 is 0. The summed E-state index contributed by atoms with van der Waals surface area (Å²) in [4.78, 5) is 24.5. The summed E-state index contributed by atoms with van der Waals surface area (Å²) < 4.78 is 15.6. The summed E-state index contributed by atoms with van der Waals surface area (Å²) in [6, 6.07) is 3.51. The quantitative estimate of drug-likeness (QED) is 0.768. The van der Waals surface area contributed by atoms with Gasteiger partial charge in [-0.2, -0.15) is 0 Å². The summed E-state index contributed by atoms with van der Waals surface area (Å²) in [5.41, 5.74) is 1.38. The van der Waals surface area contributed by atoms with Crippen LogP contribution in [0.5, 0.6) is 11.5 Å². The minimum Gasteiger partial charge on any atom is -0.497 e. The number of carbonyl (C=O) groups excluding carboxylic acids is 2. The number of ether oxygens (including phenoxy) is 3. The molecule has 5 nitrogen and oxygen atoms in total. The normalized spacial score (nSPS) is 24.5. The molecule has 0 spiro atoms. The van der Waals surface area contributed by atoms with Gasteiger partial charge in [-0.1, -0.05) is 0 Å². The molecule has 1 saturated heterocycles. The topological polar surface area (TPSA) is 61.8 Å². The van der Waals surface area contributed by atoms with Crippen molar-refractivity contribution in [2.75, 3.05) is 20.8 Å². The van der Waals surface area contributed by atoms with E-state index >= 15 is 0 Å². The van der Waals surface area contributed by atoms with E-state index in [1.807, 2.05) is 0 Å². The maximum absolute atomic E-state index is 12.6. The number of fused-ring (bicyclic) bond motifs is 2. The molecule has 1 aliphatic carbocycles. The first-order valence-corrected chi connectivity index (χ1v) is 6.61. The van der Waals surface area contributed by atoms with Gasteiger partial charge in [-0.3, -0.25) is 9.59 Å². The number of hydrogen-bond donors (Lipinski definition) is 0. The standard InChI is InChI=1S/C15H16O5/c1-18-9-5-8-6-11-10(3-4-20-15(11)17)14(16)13(8)12(7-9)19-2/h5,7,10-11H,3-4,6H2,1-2H3/t10-,11+/m0/s1. The number of Topliss-reactive ketones (excluding diaryl/α,β-unsaturated/α-hetero) is 1. The fraction of sp³-hybridized carbons (Fsp3) is 0.467. The van der Waals surface area contributed by atoms with Crippen LogP contribution in [0.3, 0.4) is 0 Å². The summed E-state index contributed by atoms with van der Waals surface area (Å²) in [5, 5.41) is 0. The van der Waals surface area contributed by atoms with Crippen molar-refractivity contribution in [3.63, 3.8) is 0 Å². The van der Waals surface area contributed by atoms with E-state index in [1.54, 1.807) is 19.2 Å². The van der Waals surface area contributed by atoms with Crippen LogP contribution in [0, 0.1) is 11.8 Å². The molecule has 2 aliphatic rings. The zero-order chi connectivity index (χ0) is 14.3. The average Bonchev–Trinajstić information content (AvgIpc) is 2.47. The van der Waals surface area contributed by atoms with Crippen LogP contribution < -0.4 is 9.47 Å². The van der Waals surface area contributed by atoms with E-state index in [0.29, 0.717) is 36.5 Å². The van der Waals surface area contributed by atoms with E-state index in [1.165, 1.54) is 7.11 Å². The van der Waals surface area contributed by atoms with Crippen molar-refractivity contribution in [3.05, 3.63) is 23.3 Å². The van der Waals surface area contributed by atoms with Gasteiger partial charge in [0, 0.05) is 12.0 Å². The smallest absolute Gasteiger partial charge is 0.310 e. The maximum atomic E-state index is 12.6. The minimum atomic E-state index is -0.374. The van der Waals surface area contributed by atoms with Crippen LogP contribution in [0.1, 0.15) is 22.3 Å². The highest BCUT2D eigenvalue weighted by atomic mass is 16.5. The van der Waals surface area contributed by atoms with Crippen LogP contribution in [0.25, 0.3) is 0 Å². The molecule has 0 aromatic heterocycles.